The number of rotatable bonds is 1. The van der Waals surface area contributed by atoms with Gasteiger partial charge in [-0.25, -0.2) is 4.79 Å². The zero-order valence-corrected chi connectivity index (χ0v) is 10.1. The number of likely N-dealkylation sites (tertiary alicyclic amines) is 1. The van der Waals surface area contributed by atoms with Crippen molar-refractivity contribution in [2.75, 3.05) is 13.1 Å². The Labute approximate surface area is 98.3 Å². The van der Waals surface area contributed by atoms with Gasteiger partial charge in [-0.15, -0.1) is 0 Å². The van der Waals surface area contributed by atoms with Gasteiger partial charge in [0.15, 0.2) is 0 Å². The Morgan fingerprint density at radius 1 is 1.24 bits per heavy atom. The first-order valence-corrected chi connectivity index (χ1v) is 5.77. The Hall–Kier alpha value is -0.875. The summed E-state index contributed by atoms with van der Waals surface area (Å²) in [5, 5.41) is 0. The summed E-state index contributed by atoms with van der Waals surface area (Å²) >= 11 is 0. The van der Waals surface area contributed by atoms with E-state index in [9.17, 15) is 17.7 Å². The third-order valence-corrected chi connectivity index (χ3v) is 3.35. The summed E-state index contributed by atoms with van der Waals surface area (Å²) in [6.45, 7) is 0.847. The number of hydrogen-bond donors (Lipinski definition) is 0. The van der Waals surface area contributed by atoms with Gasteiger partial charge in [0.05, 0.1) is 0 Å². The highest BCUT2D eigenvalue weighted by Crippen LogP contribution is 2.62. The Morgan fingerprint density at radius 3 is 2.06 bits per heavy atom. The lowest BCUT2D eigenvalue weighted by Gasteiger charge is -2.27. The first-order chi connectivity index (χ1) is 7.59. The normalized spacial score (nSPS) is 32.4. The second kappa shape index (κ2) is 3.56. The van der Waals surface area contributed by atoms with Crippen LogP contribution >= 0.6 is 0 Å². The van der Waals surface area contributed by atoms with Gasteiger partial charge >= 0.3 is 13.1 Å². The van der Waals surface area contributed by atoms with Gasteiger partial charge in [-0.2, -0.15) is 0 Å². The van der Waals surface area contributed by atoms with Crippen molar-refractivity contribution < 1.29 is 22.5 Å². The molecule has 1 unspecified atom stereocenters. The van der Waals surface area contributed by atoms with Crippen molar-refractivity contribution in [3.8, 4) is 0 Å². The van der Waals surface area contributed by atoms with Gasteiger partial charge in [-0.3, -0.25) is 0 Å². The molecule has 1 amide bonds. The SMILES string of the molecule is CC(C)(C)OC(=O)N1C[C@@H]2C([B-](F)(F)F)[C@@H]2C1. The zero-order chi connectivity index (χ0) is 13.0. The highest BCUT2D eigenvalue weighted by Gasteiger charge is 2.63. The first-order valence-electron chi connectivity index (χ1n) is 5.77. The molecule has 1 aliphatic heterocycles. The maximum atomic E-state index is 12.5. The van der Waals surface area contributed by atoms with Gasteiger partial charge in [0, 0.05) is 13.1 Å². The van der Waals surface area contributed by atoms with Gasteiger partial charge in [0.1, 0.15) is 5.60 Å². The summed E-state index contributed by atoms with van der Waals surface area (Å²) in [7, 11) is 0. The fraction of sp³-hybridized carbons (Fsp3) is 0.900. The third kappa shape index (κ3) is 2.52. The van der Waals surface area contributed by atoms with Crippen LogP contribution in [0.1, 0.15) is 20.8 Å². The third-order valence-electron chi connectivity index (χ3n) is 3.35. The number of hydrogen-bond acceptors (Lipinski definition) is 2. The van der Waals surface area contributed by atoms with Crippen molar-refractivity contribution in [3.63, 3.8) is 0 Å². The molecule has 17 heavy (non-hydrogen) atoms. The molecule has 2 aliphatic rings. The minimum absolute atomic E-state index is 0.186. The van der Waals surface area contributed by atoms with Crippen molar-refractivity contribution in [1.82, 2.24) is 4.90 Å². The number of ether oxygens (including phenoxy) is 1. The summed E-state index contributed by atoms with van der Waals surface area (Å²) < 4.78 is 42.6. The molecule has 1 aliphatic carbocycles. The quantitative estimate of drug-likeness (QED) is 0.669. The van der Waals surface area contributed by atoms with E-state index in [-0.39, 0.29) is 24.9 Å². The topological polar surface area (TPSA) is 29.5 Å². The molecule has 1 saturated heterocycles. The van der Waals surface area contributed by atoms with Crippen LogP contribution in [-0.2, 0) is 4.74 Å². The molecule has 3 atom stereocenters. The van der Waals surface area contributed by atoms with E-state index in [0.29, 0.717) is 0 Å². The van der Waals surface area contributed by atoms with Crippen molar-refractivity contribution in [2.24, 2.45) is 11.8 Å². The molecule has 2 fully saturated rings. The number of carbonyl (C=O) groups excluding carboxylic acids is 1. The van der Waals surface area contributed by atoms with Crippen LogP contribution in [0.15, 0.2) is 0 Å². The average Bonchev–Trinajstić information content (AvgIpc) is 2.61. The fourth-order valence-electron chi connectivity index (χ4n) is 2.61. The van der Waals surface area contributed by atoms with Crippen LogP contribution in [0.4, 0.5) is 17.7 Å². The number of halogens is 3. The van der Waals surface area contributed by atoms with E-state index in [1.165, 1.54) is 4.90 Å². The van der Waals surface area contributed by atoms with Crippen LogP contribution in [0.3, 0.4) is 0 Å². The lowest BCUT2D eigenvalue weighted by molar-refractivity contribution is 0.0272. The van der Waals surface area contributed by atoms with Crippen LogP contribution in [0.2, 0.25) is 5.82 Å². The summed E-state index contributed by atoms with van der Waals surface area (Å²) in [5.41, 5.74) is -0.600. The standard InChI is InChI=1S/C10H16BF3NO2/c1-10(2,3)17-9(16)15-4-6-7(5-15)8(6)11(12,13)14/h6-8H,4-5H2,1-3H3/q-1/t6-,7+,8?. The Morgan fingerprint density at radius 2 is 1.71 bits per heavy atom. The van der Waals surface area contributed by atoms with Gasteiger partial charge in [-0.1, -0.05) is 5.82 Å². The minimum atomic E-state index is -4.74. The number of nitrogens with zero attached hydrogens (tertiary/aromatic N) is 1. The van der Waals surface area contributed by atoms with E-state index >= 15 is 0 Å². The molecule has 2 rings (SSSR count). The number of piperidine rings is 1. The smallest absolute Gasteiger partial charge is 0.449 e. The van der Waals surface area contributed by atoms with Crippen molar-refractivity contribution >= 4 is 13.1 Å². The molecule has 0 bridgehead atoms. The lowest BCUT2D eigenvalue weighted by atomic mass is 9.80. The highest BCUT2D eigenvalue weighted by molar-refractivity contribution is 6.61. The van der Waals surface area contributed by atoms with Crippen LogP contribution in [0.5, 0.6) is 0 Å². The molecule has 3 nitrogen and oxygen atoms in total. The van der Waals surface area contributed by atoms with Crippen molar-refractivity contribution in [3.05, 3.63) is 0 Å². The van der Waals surface area contributed by atoms with Crippen molar-refractivity contribution in [1.29, 1.82) is 0 Å². The summed E-state index contributed by atoms with van der Waals surface area (Å²) in [6.07, 6.45) is -0.502. The zero-order valence-electron chi connectivity index (χ0n) is 10.1. The Bertz CT molecular complexity index is 327. The molecule has 0 spiro atoms. The number of carbonyl (C=O) groups is 1. The second-order valence-electron chi connectivity index (χ2n) is 5.92. The van der Waals surface area contributed by atoms with Crippen LogP contribution in [0, 0.1) is 11.8 Å². The van der Waals surface area contributed by atoms with E-state index in [4.69, 9.17) is 4.74 Å². The van der Waals surface area contributed by atoms with E-state index in [1.807, 2.05) is 0 Å². The van der Waals surface area contributed by atoms with Gasteiger partial charge < -0.3 is 22.6 Å². The summed E-state index contributed by atoms with van der Waals surface area (Å²) in [4.78, 5) is 13.0. The average molecular weight is 250 g/mol. The largest absolute Gasteiger partial charge is 0.482 e. The van der Waals surface area contributed by atoms with Gasteiger partial charge in [0.25, 0.3) is 0 Å². The number of fused-ring (bicyclic) bond motifs is 1. The van der Waals surface area contributed by atoms with Crippen LogP contribution in [0.25, 0.3) is 0 Å². The number of amides is 1. The van der Waals surface area contributed by atoms with E-state index in [0.717, 1.165) is 0 Å². The summed E-state index contributed by atoms with van der Waals surface area (Å²) in [5.74, 6) is -1.92. The molecular formula is C10H16BF3NO2-. The molecule has 0 aromatic rings. The Balaban J connectivity index is 1.86. The van der Waals surface area contributed by atoms with Crippen molar-refractivity contribution in [2.45, 2.75) is 32.2 Å². The minimum Gasteiger partial charge on any atom is -0.449 e. The Kier molecular flexibility index (Phi) is 2.63. The molecule has 1 saturated carbocycles. The fourth-order valence-corrected chi connectivity index (χ4v) is 2.61. The van der Waals surface area contributed by atoms with Gasteiger partial charge in [-0.05, 0) is 32.6 Å². The molecule has 0 radical (unpaired) electrons. The predicted molar refractivity (Wildman–Crippen MR) is 57.6 cm³/mol. The monoisotopic (exact) mass is 250 g/mol. The summed E-state index contributed by atoms with van der Waals surface area (Å²) in [6, 6.07) is 0. The lowest BCUT2D eigenvalue weighted by Crippen LogP contribution is -2.38. The maximum absolute atomic E-state index is 12.5. The molecule has 7 heteroatoms. The highest BCUT2D eigenvalue weighted by atomic mass is 19.4. The molecule has 1 heterocycles. The second-order valence-corrected chi connectivity index (χ2v) is 5.92. The van der Waals surface area contributed by atoms with E-state index in [1.54, 1.807) is 20.8 Å². The molecule has 0 aromatic heterocycles. The van der Waals surface area contributed by atoms with E-state index in [2.05, 4.69) is 0 Å². The molecule has 98 valence electrons. The molecular weight excluding hydrogens is 234 g/mol. The van der Waals surface area contributed by atoms with Crippen LogP contribution in [-0.4, -0.2) is 36.7 Å². The first kappa shape index (κ1) is 12.6. The maximum Gasteiger partial charge on any atom is 0.482 e. The van der Waals surface area contributed by atoms with Crippen LogP contribution < -0.4 is 0 Å². The van der Waals surface area contributed by atoms with Gasteiger partial charge in [0.2, 0.25) is 0 Å². The molecule has 0 N–H and O–H groups in total. The molecule has 0 aromatic carbocycles. The predicted octanol–water partition coefficient (Wildman–Crippen LogP) is 2.70. The van der Waals surface area contributed by atoms with E-state index < -0.39 is 24.5 Å².